The first kappa shape index (κ1) is 18.5. The van der Waals surface area contributed by atoms with Crippen molar-refractivity contribution >= 4 is 39.2 Å². The Bertz CT molecular complexity index is 841. The van der Waals surface area contributed by atoms with Crippen molar-refractivity contribution in [2.45, 2.75) is 69.8 Å². The van der Waals surface area contributed by atoms with Crippen molar-refractivity contribution in [2.75, 3.05) is 6.54 Å². The lowest BCUT2D eigenvalue weighted by atomic mass is 9.97. The van der Waals surface area contributed by atoms with Gasteiger partial charge in [-0.05, 0) is 51.5 Å². The van der Waals surface area contributed by atoms with Crippen molar-refractivity contribution < 1.29 is 4.79 Å². The van der Waals surface area contributed by atoms with Crippen molar-refractivity contribution in [1.29, 1.82) is 0 Å². The molecule has 2 heterocycles. The molecule has 136 valence electrons. The molecule has 1 atom stereocenters. The van der Waals surface area contributed by atoms with Gasteiger partial charge in [0.2, 0.25) is 5.91 Å². The first-order chi connectivity index (χ1) is 12.1. The second-order valence-electron chi connectivity index (χ2n) is 6.39. The summed E-state index contributed by atoms with van der Waals surface area (Å²) >= 11 is 3.03. The number of hydrogen-bond acceptors (Lipinski definition) is 5. The van der Waals surface area contributed by atoms with Crippen molar-refractivity contribution in [3.63, 3.8) is 0 Å². The second-order valence-corrected chi connectivity index (χ2v) is 8.78. The van der Waals surface area contributed by atoms with Crippen LogP contribution >= 0.6 is 23.1 Å². The molecule has 1 unspecified atom stereocenters. The first-order valence-corrected chi connectivity index (χ1v) is 10.8. The molecule has 1 aliphatic carbocycles. The fraction of sp³-hybridized carbons (Fsp3) is 0.611. The number of carbonyl (C=O) groups excluding carboxylic acids is 1. The number of carbonyl (C=O) groups is 1. The molecule has 3 rings (SSSR count). The number of aromatic nitrogens is 2. The minimum absolute atomic E-state index is 0.00526. The third-order valence-electron chi connectivity index (χ3n) is 4.56. The van der Waals surface area contributed by atoms with Crippen LogP contribution in [0.15, 0.2) is 9.95 Å². The van der Waals surface area contributed by atoms with Gasteiger partial charge in [-0.2, -0.15) is 0 Å². The lowest BCUT2D eigenvalue weighted by molar-refractivity contribution is -0.120. The Hall–Kier alpha value is -1.34. The number of nitrogens with zero attached hydrogens (tertiary/aromatic N) is 2. The normalized spacial score (nSPS) is 15.2. The average Bonchev–Trinajstić information content (AvgIpc) is 2.98. The van der Waals surface area contributed by atoms with Crippen LogP contribution in [-0.2, 0) is 24.2 Å². The van der Waals surface area contributed by atoms with Gasteiger partial charge in [0.1, 0.15) is 4.83 Å². The average molecular weight is 380 g/mol. The summed E-state index contributed by atoms with van der Waals surface area (Å²) in [5, 5.41) is 4.10. The highest BCUT2D eigenvalue weighted by molar-refractivity contribution is 8.00. The number of amides is 1. The molecule has 1 aliphatic rings. The number of aryl methyl sites for hydroxylation is 2. The van der Waals surface area contributed by atoms with Gasteiger partial charge in [0.25, 0.3) is 5.56 Å². The standard InChI is InChI=1S/C18H25N3O2S2/c1-4-10-19-15(22)11(3)24-18-20-16-14(17(23)21(18)5-2)12-8-6-7-9-13(12)25-16/h11H,4-10H2,1-3H3,(H,19,22). The van der Waals surface area contributed by atoms with Gasteiger partial charge < -0.3 is 5.32 Å². The van der Waals surface area contributed by atoms with Crippen LogP contribution in [-0.4, -0.2) is 27.3 Å². The van der Waals surface area contributed by atoms with Gasteiger partial charge in [-0.15, -0.1) is 11.3 Å². The third kappa shape index (κ3) is 3.62. The van der Waals surface area contributed by atoms with Crippen LogP contribution in [0.5, 0.6) is 0 Å². The van der Waals surface area contributed by atoms with E-state index in [1.165, 1.54) is 28.6 Å². The van der Waals surface area contributed by atoms with Crippen LogP contribution in [0.2, 0.25) is 0 Å². The smallest absolute Gasteiger partial charge is 0.263 e. The van der Waals surface area contributed by atoms with Gasteiger partial charge in [0.15, 0.2) is 5.16 Å². The Kier molecular flexibility index (Phi) is 5.84. The van der Waals surface area contributed by atoms with E-state index in [0.717, 1.165) is 35.9 Å². The lowest BCUT2D eigenvalue weighted by Crippen LogP contribution is -2.32. The Balaban J connectivity index is 1.98. The van der Waals surface area contributed by atoms with Gasteiger partial charge in [-0.3, -0.25) is 14.2 Å². The van der Waals surface area contributed by atoms with E-state index in [9.17, 15) is 9.59 Å². The van der Waals surface area contributed by atoms with E-state index in [0.29, 0.717) is 18.2 Å². The summed E-state index contributed by atoms with van der Waals surface area (Å²) in [7, 11) is 0. The predicted octanol–water partition coefficient (Wildman–Crippen LogP) is 3.36. The highest BCUT2D eigenvalue weighted by Crippen LogP contribution is 2.35. The third-order valence-corrected chi connectivity index (χ3v) is 6.83. The topological polar surface area (TPSA) is 64.0 Å². The van der Waals surface area contributed by atoms with E-state index >= 15 is 0 Å². The Labute approximate surface area is 156 Å². The van der Waals surface area contributed by atoms with Gasteiger partial charge in [0.05, 0.1) is 10.6 Å². The molecule has 25 heavy (non-hydrogen) atoms. The molecule has 0 saturated carbocycles. The highest BCUT2D eigenvalue weighted by Gasteiger charge is 2.23. The maximum atomic E-state index is 13.1. The SMILES string of the molecule is CCCNC(=O)C(C)Sc1nc2sc3c(c2c(=O)n1CC)CCCC3. The van der Waals surface area contributed by atoms with Gasteiger partial charge in [0, 0.05) is 18.0 Å². The molecule has 0 radical (unpaired) electrons. The Morgan fingerprint density at radius 1 is 1.36 bits per heavy atom. The van der Waals surface area contributed by atoms with Crippen LogP contribution in [0.25, 0.3) is 10.2 Å². The summed E-state index contributed by atoms with van der Waals surface area (Å²) in [6.45, 7) is 7.10. The molecule has 2 aromatic heterocycles. The van der Waals surface area contributed by atoms with Crippen molar-refractivity contribution in [1.82, 2.24) is 14.9 Å². The van der Waals surface area contributed by atoms with E-state index < -0.39 is 0 Å². The summed E-state index contributed by atoms with van der Waals surface area (Å²) < 4.78 is 1.72. The number of fused-ring (bicyclic) bond motifs is 3. The van der Waals surface area contributed by atoms with Crippen LogP contribution in [0.4, 0.5) is 0 Å². The van der Waals surface area contributed by atoms with Gasteiger partial charge >= 0.3 is 0 Å². The first-order valence-electron chi connectivity index (χ1n) is 9.06. The zero-order valence-corrected chi connectivity index (χ0v) is 16.7. The Morgan fingerprint density at radius 3 is 2.84 bits per heavy atom. The van der Waals surface area contributed by atoms with Crippen LogP contribution < -0.4 is 10.9 Å². The summed E-state index contributed by atoms with van der Waals surface area (Å²) in [5.41, 5.74) is 1.27. The molecule has 5 nitrogen and oxygen atoms in total. The Morgan fingerprint density at radius 2 is 2.12 bits per heavy atom. The van der Waals surface area contributed by atoms with E-state index in [2.05, 4.69) is 5.32 Å². The minimum atomic E-state index is -0.275. The fourth-order valence-electron chi connectivity index (χ4n) is 3.19. The highest BCUT2D eigenvalue weighted by atomic mass is 32.2. The molecule has 0 saturated heterocycles. The number of thiophene rings is 1. The monoisotopic (exact) mass is 379 g/mol. The minimum Gasteiger partial charge on any atom is -0.355 e. The molecule has 0 bridgehead atoms. The quantitative estimate of drug-likeness (QED) is 0.617. The second kappa shape index (κ2) is 7.91. The summed E-state index contributed by atoms with van der Waals surface area (Å²) in [4.78, 5) is 32.2. The van der Waals surface area contributed by atoms with E-state index in [1.807, 2.05) is 20.8 Å². The van der Waals surface area contributed by atoms with E-state index in [4.69, 9.17) is 4.98 Å². The molecular weight excluding hydrogens is 354 g/mol. The van der Waals surface area contributed by atoms with E-state index in [-0.39, 0.29) is 16.7 Å². The van der Waals surface area contributed by atoms with Gasteiger partial charge in [-0.25, -0.2) is 4.98 Å². The molecule has 0 fully saturated rings. The molecule has 0 spiro atoms. The van der Waals surface area contributed by atoms with E-state index in [1.54, 1.807) is 15.9 Å². The maximum Gasteiger partial charge on any atom is 0.263 e. The fourth-order valence-corrected chi connectivity index (χ4v) is 5.49. The number of rotatable bonds is 6. The molecule has 7 heteroatoms. The molecule has 2 aromatic rings. The summed E-state index contributed by atoms with van der Waals surface area (Å²) in [6.07, 6.45) is 5.29. The zero-order chi connectivity index (χ0) is 18.0. The van der Waals surface area contributed by atoms with Gasteiger partial charge in [-0.1, -0.05) is 18.7 Å². The van der Waals surface area contributed by atoms with Crippen LogP contribution in [0.3, 0.4) is 0 Å². The number of nitrogens with one attached hydrogen (secondary N) is 1. The van der Waals surface area contributed by atoms with Crippen molar-refractivity contribution in [3.8, 4) is 0 Å². The molecular formula is C18H25N3O2S2. The van der Waals surface area contributed by atoms with Crippen LogP contribution in [0.1, 0.15) is 50.5 Å². The maximum absolute atomic E-state index is 13.1. The summed E-state index contributed by atoms with van der Waals surface area (Å²) in [6, 6.07) is 0. The predicted molar refractivity (Wildman–Crippen MR) is 105 cm³/mol. The number of thioether (sulfide) groups is 1. The largest absolute Gasteiger partial charge is 0.355 e. The van der Waals surface area contributed by atoms with Crippen molar-refractivity contribution in [2.24, 2.45) is 0 Å². The molecule has 0 aliphatic heterocycles. The van der Waals surface area contributed by atoms with Crippen molar-refractivity contribution in [3.05, 3.63) is 20.8 Å². The number of hydrogen-bond donors (Lipinski definition) is 1. The zero-order valence-electron chi connectivity index (χ0n) is 15.1. The molecule has 1 amide bonds. The summed E-state index contributed by atoms with van der Waals surface area (Å²) in [5.74, 6) is -0.00526. The molecule has 0 aromatic carbocycles. The molecule has 1 N–H and O–H groups in total. The van der Waals surface area contributed by atoms with Crippen LogP contribution in [0, 0.1) is 0 Å². The lowest BCUT2D eigenvalue weighted by Gasteiger charge is -2.15.